The molecule has 0 atom stereocenters. The molecule has 0 saturated heterocycles. The van der Waals surface area contributed by atoms with Crippen LogP contribution in [0.15, 0.2) is 48.5 Å². The number of anilines is 3. The summed E-state index contributed by atoms with van der Waals surface area (Å²) in [6, 6.07) is 14.4. The number of carbonyl (C=O) groups excluding carboxylic acids is 2. The lowest BCUT2D eigenvalue weighted by molar-refractivity contribution is -0.115. The first-order chi connectivity index (χ1) is 9.72. The van der Waals surface area contributed by atoms with Gasteiger partial charge in [-0.25, -0.2) is 0 Å². The maximum absolute atomic E-state index is 12.3. The SMILES string of the molecule is O=C1Nc2ccccc2N(C(=O)CBr)c2ccccc21. The lowest BCUT2D eigenvalue weighted by Crippen LogP contribution is -2.27. The van der Waals surface area contributed by atoms with Crippen molar-refractivity contribution in [3.63, 3.8) is 0 Å². The molecule has 0 radical (unpaired) electrons. The molecule has 0 fully saturated rings. The predicted octanol–water partition coefficient (Wildman–Crippen LogP) is 3.31. The van der Waals surface area contributed by atoms with Crippen LogP contribution in [0.3, 0.4) is 0 Å². The number of para-hydroxylation sites is 3. The monoisotopic (exact) mass is 330 g/mol. The van der Waals surface area contributed by atoms with Gasteiger partial charge in [0, 0.05) is 0 Å². The van der Waals surface area contributed by atoms with Crippen molar-refractivity contribution in [1.82, 2.24) is 0 Å². The second-order valence-corrected chi connectivity index (χ2v) is 4.91. The average molecular weight is 331 g/mol. The van der Waals surface area contributed by atoms with E-state index in [0.29, 0.717) is 22.6 Å². The molecule has 2 aromatic rings. The summed E-state index contributed by atoms with van der Waals surface area (Å²) < 4.78 is 0. The van der Waals surface area contributed by atoms with Gasteiger partial charge < -0.3 is 5.32 Å². The maximum Gasteiger partial charge on any atom is 0.257 e. The van der Waals surface area contributed by atoms with E-state index in [1.165, 1.54) is 0 Å². The van der Waals surface area contributed by atoms with Crippen molar-refractivity contribution in [3.05, 3.63) is 54.1 Å². The van der Waals surface area contributed by atoms with Gasteiger partial charge in [-0.2, -0.15) is 0 Å². The largest absolute Gasteiger partial charge is 0.320 e. The minimum absolute atomic E-state index is 0.124. The Labute approximate surface area is 124 Å². The molecule has 4 nitrogen and oxygen atoms in total. The summed E-state index contributed by atoms with van der Waals surface area (Å²) in [5.41, 5.74) is 2.38. The quantitative estimate of drug-likeness (QED) is 0.815. The fourth-order valence-corrected chi connectivity index (χ4v) is 2.53. The average Bonchev–Trinajstić information content (AvgIpc) is 2.61. The Balaban J connectivity index is 2.29. The van der Waals surface area contributed by atoms with Crippen LogP contribution in [0, 0.1) is 0 Å². The summed E-state index contributed by atoms with van der Waals surface area (Å²) >= 11 is 3.20. The van der Waals surface area contributed by atoms with E-state index in [1.54, 1.807) is 29.2 Å². The van der Waals surface area contributed by atoms with Gasteiger partial charge in [0.05, 0.1) is 28.0 Å². The maximum atomic E-state index is 12.3. The van der Waals surface area contributed by atoms with Crippen molar-refractivity contribution >= 4 is 44.8 Å². The van der Waals surface area contributed by atoms with Crippen LogP contribution in [0.1, 0.15) is 10.4 Å². The second kappa shape index (κ2) is 5.09. The van der Waals surface area contributed by atoms with E-state index < -0.39 is 0 Å². The Morgan fingerprint density at radius 3 is 2.45 bits per heavy atom. The van der Waals surface area contributed by atoms with Gasteiger partial charge in [0.1, 0.15) is 0 Å². The van der Waals surface area contributed by atoms with Crippen molar-refractivity contribution < 1.29 is 9.59 Å². The molecule has 1 aliphatic heterocycles. The van der Waals surface area contributed by atoms with E-state index in [4.69, 9.17) is 0 Å². The number of hydrogen-bond acceptors (Lipinski definition) is 2. The lowest BCUT2D eigenvalue weighted by Gasteiger charge is -2.23. The first-order valence-corrected chi connectivity index (χ1v) is 7.23. The molecule has 5 heteroatoms. The van der Waals surface area contributed by atoms with Crippen molar-refractivity contribution in [2.45, 2.75) is 0 Å². The number of halogens is 1. The Hall–Kier alpha value is -2.14. The molecule has 20 heavy (non-hydrogen) atoms. The minimum Gasteiger partial charge on any atom is -0.320 e. The number of benzene rings is 2. The standard InChI is InChI=1S/C15H11BrN2O2/c16-9-14(19)18-12-7-3-1-5-10(12)15(20)17-11-6-2-4-8-13(11)18/h1-8H,9H2,(H,17,20). The minimum atomic E-state index is -0.210. The van der Waals surface area contributed by atoms with Gasteiger partial charge in [0.15, 0.2) is 0 Å². The van der Waals surface area contributed by atoms with Crippen molar-refractivity contribution in [2.24, 2.45) is 0 Å². The van der Waals surface area contributed by atoms with Gasteiger partial charge in [-0.15, -0.1) is 0 Å². The number of carbonyl (C=O) groups is 2. The van der Waals surface area contributed by atoms with Gasteiger partial charge in [-0.3, -0.25) is 14.5 Å². The number of nitrogens with zero attached hydrogens (tertiary/aromatic N) is 1. The molecule has 0 aromatic heterocycles. The number of alkyl halides is 1. The summed E-state index contributed by atoms with van der Waals surface area (Å²) in [4.78, 5) is 26.1. The number of amides is 2. The van der Waals surface area contributed by atoms with E-state index in [0.717, 1.165) is 0 Å². The number of hydrogen-bond donors (Lipinski definition) is 1. The third kappa shape index (κ3) is 2.00. The number of rotatable bonds is 1. The second-order valence-electron chi connectivity index (χ2n) is 4.35. The zero-order chi connectivity index (χ0) is 14.1. The highest BCUT2D eigenvalue weighted by Gasteiger charge is 2.28. The fourth-order valence-electron chi connectivity index (χ4n) is 2.28. The Morgan fingerprint density at radius 1 is 1.05 bits per heavy atom. The van der Waals surface area contributed by atoms with Crippen LogP contribution < -0.4 is 10.2 Å². The van der Waals surface area contributed by atoms with Crippen LogP contribution in [0.5, 0.6) is 0 Å². The van der Waals surface area contributed by atoms with E-state index in [9.17, 15) is 9.59 Å². The molecular formula is C15H11BrN2O2. The third-order valence-electron chi connectivity index (χ3n) is 3.15. The number of nitrogens with one attached hydrogen (secondary N) is 1. The summed E-state index contributed by atoms with van der Waals surface area (Å²) in [5, 5.41) is 3.02. The lowest BCUT2D eigenvalue weighted by atomic mass is 10.1. The predicted molar refractivity (Wildman–Crippen MR) is 81.8 cm³/mol. The van der Waals surface area contributed by atoms with Crippen LogP contribution in [-0.2, 0) is 4.79 Å². The normalized spacial score (nSPS) is 13.1. The molecule has 0 saturated carbocycles. The molecule has 0 bridgehead atoms. The topological polar surface area (TPSA) is 49.4 Å². The molecule has 2 amide bonds. The highest BCUT2D eigenvalue weighted by molar-refractivity contribution is 9.09. The summed E-state index contributed by atoms with van der Waals surface area (Å²) in [5.74, 6) is -0.334. The molecule has 3 rings (SSSR count). The van der Waals surface area contributed by atoms with Crippen LogP contribution in [-0.4, -0.2) is 17.1 Å². The van der Waals surface area contributed by atoms with Gasteiger partial charge in [0.25, 0.3) is 5.91 Å². The molecule has 1 N–H and O–H groups in total. The number of fused-ring (bicyclic) bond motifs is 2. The zero-order valence-electron chi connectivity index (χ0n) is 10.5. The summed E-state index contributed by atoms with van der Waals surface area (Å²) in [6.45, 7) is 0. The van der Waals surface area contributed by atoms with Crippen LogP contribution in [0.2, 0.25) is 0 Å². The Kier molecular flexibility index (Phi) is 3.28. The molecule has 1 heterocycles. The molecule has 2 aromatic carbocycles. The van der Waals surface area contributed by atoms with E-state index >= 15 is 0 Å². The highest BCUT2D eigenvalue weighted by Crippen LogP contribution is 2.37. The molecule has 0 spiro atoms. The summed E-state index contributed by atoms with van der Waals surface area (Å²) in [7, 11) is 0. The zero-order valence-corrected chi connectivity index (χ0v) is 12.1. The van der Waals surface area contributed by atoms with Gasteiger partial charge in [-0.05, 0) is 24.3 Å². The Bertz CT molecular complexity index is 700. The van der Waals surface area contributed by atoms with Gasteiger partial charge in [-0.1, -0.05) is 40.2 Å². The summed E-state index contributed by atoms with van der Waals surface area (Å²) in [6.07, 6.45) is 0. The molecule has 1 aliphatic rings. The highest BCUT2D eigenvalue weighted by atomic mass is 79.9. The molecule has 0 aliphatic carbocycles. The van der Waals surface area contributed by atoms with Crippen LogP contribution in [0.25, 0.3) is 0 Å². The fraction of sp³-hybridized carbons (Fsp3) is 0.0667. The Morgan fingerprint density at radius 2 is 1.70 bits per heavy atom. The smallest absolute Gasteiger partial charge is 0.257 e. The third-order valence-corrected chi connectivity index (χ3v) is 3.63. The van der Waals surface area contributed by atoms with E-state index in [-0.39, 0.29) is 17.1 Å². The first-order valence-electron chi connectivity index (χ1n) is 6.10. The van der Waals surface area contributed by atoms with Gasteiger partial charge in [0.2, 0.25) is 5.91 Å². The first kappa shape index (κ1) is 12.9. The van der Waals surface area contributed by atoms with Crippen LogP contribution >= 0.6 is 15.9 Å². The molecule has 0 unspecified atom stereocenters. The molecular weight excluding hydrogens is 320 g/mol. The van der Waals surface area contributed by atoms with E-state index in [2.05, 4.69) is 21.2 Å². The van der Waals surface area contributed by atoms with Crippen molar-refractivity contribution in [2.75, 3.05) is 15.5 Å². The van der Waals surface area contributed by atoms with Gasteiger partial charge >= 0.3 is 0 Å². The van der Waals surface area contributed by atoms with E-state index in [1.807, 2.05) is 24.3 Å². The van der Waals surface area contributed by atoms with Crippen molar-refractivity contribution in [3.8, 4) is 0 Å². The molecule has 100 valence electrons. The van der Waals surface area contributed by atoms with Crippen LogP contribution in [0.4, 0.5) is 17.1 Å². The van der Waals surface area contributed by atoms with Crippen molar-refractivity contribution in [1.29, 1.82) is 0 Å².